The molecule has 46 heavy (non-hydrogen) atoms. The van der Waals surface area contributed by atoms with Crippen LogP contribution in [0.5, 0.6) is 0 Å². The molecule has 0 aliphatic carbocycles. The standard InChI is InChI=1S/C33H32ClFN6O5/c1-17-6-4-8-24(39-32(44)22-15-36-41(18(22)2)27-9-5-7-23(34)30(27)35)19-12-25(38-29(42)13-19)21-11-10-20(14-26(21)40-31(17)43)37-33(45-3)28-16-46-28/h5,7,9-15,17,24,37H,4,6,8,16H2,1-3H3,(H,38,42)(H,39,44)(H,40,43)/b33-28-/t17-,24+/m1/s1. The molecule has 1 fully saturated rings. The number of ether oxygens (including phenoxy) is 2. The van der Waals surface area contributed by atoms with Crippen LogP contribution in [0.2, 0.25) is 5.02 Å². The first-order valence-electron chi connectivity index (χ1n) is 14.8. The number of carbonyl (C=O) groups excluding carboxylic acids is 2. The van der Waals surface area contributed by atoms with Gasteiger partial charge in [0.25, 0.3) is 5.91 Å². The van der Waals surface area contributed by atoms with Gasteiger partial charge in [-0.05, 0) is 61.7 Å². The minimum Gasteiger partial charge on any atom is -0.481 e. The quantitative estimate of drug-likeness (QED) is 0.153. The Morgan fingerprint density at radius 2 is 1.98 bits per heavy atom. The van der Waals surface area contributed by atoms with Gasteiger partial charge in [-0.2, -0.15) is 5.10 Å². The molecule has 2 amide bonds. The van der Waals surface area contributed by atoms with Crippen molar-refractivity contribution in [2.75, 3.05) is 24.4 Å². The van der Waals surface area contributed by atoms with Crippen LogP contribution in [-0.4, -0.2) is 40.3 Å². The molecule has 2 aromatic heterocycles. The second-order valence-corrected chi connectivity index (χ2v) is 11.7. The van der Waals surface area contributed by atoms with E-state index in [0.29, 0.717) is 71.4 Å². The lowest BCUT2D eigenvalue weighted by Gasteiger charge is -2.23. The predicted octanol–water partition coefficient (Wildman–Crippen LogP) is 5.82. The molecular weight excluding hydrogens is 615 g/mol. The highest BCUT2D eigenvalue weighted by Crippen LogP contribution is 2.34. The summed E-state index contributed by atoms with van der Waals surface area (Å²) in [5.74, 6) is -0.424. The number of aromatic amines is 1. The zero-order valence-electron chi connectivity index (χ0n) is 25.4. The van der Waals surface area contributed by atoms with Crippen molar-refractivity contribution in [3.8, 4) is 16.9 Å². The fourth-order valence-corrected chi connectivity index (χ4v) is 5.68. The van der Waals surface area contributed by atoms with Gasteiger partial charge >= 0.3 is 0 Å². The Labute approximate surface area is 268 Å². The van der Waals surface area contributed by atoms with Crippen molar-refractivity contribution in [3.05, 3.63) is 104 Å². The van der Waals surface area contributed by atoms with Crippen molar-refractivity contribution in [2.45, 2.75) is 39.2 Å². The topological polar surface area (TPSA) is 143 Å². The van der Waals surface area contributed by atoms with E-state index >= 15 is 0 Å². The molecule has 13 heteroatoms. The molecule has 6 rings (SSSR count). The molecule has 2 aliphatic rings. The minimum absolute atomic E-state index is 0.0568. The Hall–Kier alpha value is -5.10. The van der Waals surface area contributed by atoms with Crippen molar-refractivity contribution in [1.29, 1.82) is 0 Å². The average Bonchev–Trinajstić information content (AvgIpc) is 3.81. The highest BCUT2D eigenvalue weighted by atomic mass is 35.5. The van der Waals surface area contributed by atoms with Crippen molar-refractivity contribution >= 4 is 34.8 Å². The van der Waals surface area contributed by atoms with E-state index < -0.39 is 17.8 Å². The molecule has 4 heterocycles. The summed E-state index contributed by atoms with van der Waals surface area (Å²) in [5.41, 5.74) is 3.21. The van der Waals surface area contributed by atoms with Crippen molar-refractivity contribution in [2.24, 2.45) is 5.92 Å². The van der Waals surface area contributed by atoms with Gasteiger partial charge in [0, 0.05) is 23.2 Å². The number of halogens is 2. The summed E-state index contributed by atoms with van der Waals surface area (Å²) in [6, 6.07) is 12.6. The van der Waals surface area contributed by atoms with Gasteiger partial charge < -0.3 is 30.4 Å². The van der Waals surface area contributed by atoms with Gasteiger partial charge in [-0.15, -0.1) is 0 Å². The number of hydrogen-bond acceptors (Lipinski definition) is 7. The Morgan fingerprint density at radius 3 is 2.74 bits per heavy atom. The van der Waals surface area contributed by atoms with Crippen LogP contribution in [0.15, 0.2) is 71.2 Å². The van der Waals surface area contributed by atoms with Gasteiger partial charge in [0.2, 0.25) is 17.3 Å². The van der Waals surface area contributed by atoms with Gasteiger partial charge in [0.15, 0.2) is 18.2 Å². The fourth-order valence-electron chi connectivity index (χ4n) is 5.51. The third kappa shape index (κ3) is 6.34. The smallest absolute Gasteiger partial charge is 0.255 e. The minimum atomic E-state index is -0.646. The van der Waals surface area contributed by atoms with Crippen molar-refractivity contribution in [1.82, 2.24) is 20.1 Å². The Morgan fingerprint density at radius 1 is 1.17 bits per heavy atom. The first-order chi connectivity index (χ1) is 22.1. The second kappa shape index (κ2) is 12.7. The maximum atomic E-state index is 14.7. The number of nitrogens with zero attached hydrogens (tertiary/aromatic N) is 2. The molecule has 4 N–H and O–H groups in total. The average molecular weight is 647 g/mol. The summed E-state index contributed by atoms with van der Waals surface area (Å²) in [4.78, 5) is 42.8. The number of epoxide rings is 1. The van der Waals surface area contributed by atoms with E-state index in [4.69, 9.17) is 21.1 Å². The highest BCUT2D eigenvalue weighted by Gasteiger charge is 2.25. The number of benzene rings is 2. The largest absolute Gasteiger partial charge is 0.481 e. The molecule has 0 unspecified atom stereocenters. The third-order valence-corrected chi connectivity index (χ3v) is 8.43. The summed E-state index contributed by atoms with van der Waals surface area (Å²) in [7, 11) is 1.53. The number of carbonyl (C=O) groups is 2. The van der Waals surface area contributed by atoms with E-state index in [-0.39, 0.29) is 33.7 Å². The SMILES string of the molecule is CO/C(Nc1ccc2c(c1)NC(=O)[C@H](C)CCC[C@H](NC(=O)c1cnn(-c3cccc(Cl)c3F)c1C)c1cc-2[nH]c(=O)c1)=C1/CO1. The Balaban J connectivity index is 1.35. The number of pyridine rings is 1. The summed E-state index contributed by atoms with van der Waals surface area (Å²) in [6.07, 6.45) is 2.98. The molecule has 1 saturated heterocycles. The lowest BCUT2D eigenvalue weighted by molar-refractivity contribution is -0.119. The maximum absolute atomic E-state index is 14.7. The molecule has 4 aromatic rings. The van der Waals surface area contributed by atoms with Crippen LogP contribution in [0.4, 0.5) is 15.8 Å². The monoisotopic (exact) mass is 646 g/mol. The number of H-pyrrole nitrogens is 1. The van der Waals surface area contributed by atoms with Crippen LogP contribution in [0, 0.1) is 18.7 Å². The first kappa shape index (κ1) is 30.9. The molecule has 2 atom stereocenters. The number of anilines is 2. The number of hydrogen-bond donors (Lipinski definition) is 4. The number of amides is 2. The van der Waals surface area contributed by atoms with E-state index in [1.54, 1.807) is 37.3 Å². The zero-order chi connectivity index (χ0) is 32.5. The summed E-state index contributed by atoms with van der Waals surface area (Å²) < 4.78 is 26.7. The van der Waals surface area contributed by atoms with Gasteiger partial charge in [0.1, 0.15) is 5.69 Å². The van der Waals surface area contributed by atoms with E-state index in [2.05, 4.69) is 26.0 Å². The third-order valence-electron chi connectivity index (χ3n) is 8.14. The molecule has 2 bridgehead atoms. The van der Waals surface area contributed by atoms with E-state index in [1.165, 1.54) is 36.2 Å². The number of rotatable bonds is 6. The van der Waals surface area contributed by atoms with Crippen LogP contribution in [0.1, 0.15) is 53.8 Å². The van der Waals surface area contributed by atoms with E-state index in [1.807, 2.05) is 6.92 Å². The summed E-state index contributed by atoms with van der Waals surface area (Å²) >= 11 is 5.97. The number of aromatic nitrogens is 3. The van der Waals surface area contributed by atoms with Gasteiger partial charge in [-0.1, -0.05) is 31.0 Å². The summed E-state index contributed by atoms with van der Waals surface area (Å²) in [6.45, 7) is 3.99. The van der Waals surface area contributed by atoms with E-state index in [9.17, 15) is 18.8 Å². The van der Waals surface area contributed by atoms with Crippen LogP contribution < -0.4 is 21.5 Å². The Kier molecular flexibility index (Phi) is 8.55. The Bertz CT molecular complexity index is 1930. The highest BCUT2D eigenvalue weighted by molar-refractivity contribution is 6.30. The molecule has 2 aliphatic heterocycles. The van der Waals surface area contributed by atoms with Crippen LogP contribution in [-0.2, 0) is 14.3 Å². The van der Waals surface area contributed by atoms with E-state index in [0.717, 1.165) is 0 Å². The molecule has 238 valence electrons. The predicted molar refractivity (Wildman–Crippen MR) is 171 cm³/mol. The van der Waals surface area contributed by atoms with Gasteiger partial charge in [-0.25, -0.2) is 9.07 Å². The summed E-state index contributed by atoms with van der Waals surface area (Å²) in [5, 5.41) is 13.4. The normalized spacial score (nSPS) is 18.6. The number of nitrogens with one attached hydrogen (secondary N) is 4. The van der Waals surface area contributed by atoms with Crippen molar-refractivity contribution in [3.63, 3.8) is 0 Å². The molecule has 0 radical (unpaired) electrons. The molecule has 2 aromatic carbocycles. The number of fused-ring (bicyclic) bond motifs is 4. The molecule has 0 spiro atoms. The van der Waals surface area contributed by atoms with Crippen LogP contribution >= 0.6 is 11.6 Å². The lowest BCUT2D eigenvalue weighted by Crippen LogP contribution is -2.30. The molecule has 11 nitrogen and oxygen atoms in total. The second-order valence-electron chi connectivity index (χ2n) is 11.3. The van der Waals surface area contributed by atoms with Gasteiger partial charge in [0.05, 0.1) is 47.0 Å². The zero-order valence-corrected chi connectivity index (χ0v) is 26.1. The fraction of sp³-hybridized carbons (Fsp3) is 0.273. The maximum Gasteiger partial charge on any atom is 0.255 e. The first-order valence-corrected chi connectivity index (χ1v) is 15.2. The number of methoxy groups -OCH3 is 1. The van der Waals surface area contributed by atoms with Crippen LogP contribution in [0.3, 0.4) is 0 Å². The van der Waals surface area contributed by atoms with Crippen molar-refractivity contribution < 1.29 is 23.5 Å². The lowest BCUT2D eigenvalue weighted by atomic mass is 9.94. The van der Waals surface area contributed by atoms with Gasteiger partial charge in [-0.3, -0.25) is 14.4 Å². The molecule has 0 saturated carbocycles. The van der Waals surface area contributed by atoms with Crippen LogP contribution in [0.25, 0.3) is 16.9 Å². The molecular formula is C33H32ClFN6O5.